The van der Waals surface area contributed by atoms with Crippen LogP contribution in [0.15, 0.2) is 30.5 Å². The fourth-order valence-corrected chi connectivity index (χ4v) is 2.36. The second kappa shape index (κ2) is 6.57. The van der Waals surface area contributed by atoms with Crippen LogP contribution in [0.25, 0.3) is 10.9 Å². The molecule has 0 unspecified atom stereocenters. The summed E-state index contributed by atoms with van der Waals surface area (Å²) in [7, 11) is 1.74. The molecule has 0 bridgehead atoms. The van der Waals surface area contributed by atoms with Crippen molar-refractivity contribution in [1.82, 2.24) is 4.57 Å². The Morgan fingerprint density at radius 2 is 2.06 bits per heavy atom. The summed E-state index contributed by atoms with van der Waals surface area (Å²) in [5, 5.41) is 1.37. The van der Waals surface area contributed by atoms with Gasteiger partial charge in [-0.1, -0.05) is 18.2 Å². The van der Waals surface area contributed by atoms with Crippen LogP contribution in [0, 0.1) is 0 Å². The third-order valence-electron chi connectivity index (χ3n) is 3.31. The second-order valence-electron chi connectivity index (χ2n) is 4.60. The summed E-state index contributed by atoms with van der Waals surface area (Å²) in [6.45, 7) is 2.44. The average Bonchev–Trinajstić information content (AvgIpc) is 2.76. The maximum atomic E-state index is 5.55. The SMILES string of the molecule is COCCn1cc(CCCCN)c2ccccc21. The van der Waals surface area contributed by atoms with Crippen molar-refractivity contribution in [3.8, 4) is 0 Å². The number of benzene rings is 1. The Morgan fingerprint density at radius 3 is 2.83 bits per heavy atom. The number of fused-ring (bicyclic) bond motifs is 1. The molecule has 2 N–H and O–H groups in total. The van der Waals surface area contributed by atoms with Gasteiger partial charge in [0.15, 0.2) is 0 Å². The molecule has 0 atom stereocenters. The number of aryl methyl sites for hydroxylation is 1. The molecule has 0 aliphatic rings. The van der Waals surface area contributed by atoms with Crippen molar-refractivity contribution < 1.29 is 4.74 Å². The van der Waals surface area contributed by atoms with Crippen molar-refractivity contribution >= 4 is 10.9 Å². The first kappa shape index (κ1) is 13.1. The van der Waals surface area contributed by atoms with Crippen LogP contribution < -0.4 is 5.73 Å². The van der Waals surface area contributed by atoms with Gasteiger partial charge in [0.05, 0.1) is 6.61 Å². The highest BCUT2D eigenvalue weighted by Gasteiger charge is 2.07. The number of unbranched alkanes of at least 4 members (excludes halogenated alkanes) is 1. The van der Waals surface area contributed by atoms with Crippen LogP contribution in [-0.4, -0.2) is 24.8 Å². The predicted molar refractivity (Wildman–Crippen MR) is 75.8 cm³/mol. The Labute approximate surface area is 109 Å². The molecule has 18 heavy (non-hydrogen) atoms. The normalized spacial score (nSPS) is 11.2. The standard InChI is InChI=1S/C15H22N2O/c1-18-11-10-17-12-13(6-4-5-9-16)14-7-2-3-8-15(14)17/h2-3,7-8,12H,4-6,9-11,16H2,1H3. The van der Waals surface area contributed by atoms with Crippen molar-refractivity contribution in [3.63, 3.8) is 0 Å². The third-order valence-corrected chi connectivity index (χ3v) is 3.31. The van der Waals surface area contributed by atoms with E-state index in [0.717, 1.165) is 39.0 Å². The summed E-state index contributed by atoms with van der Waals surface area (Å²) in [5.41, 5.74) is 8.28. The highest BCUT2D eigenvalue weighted by molar-refractivity contribution is 5.83. The van der Waals surface area contributed by atoms with E-state index in [9.17, 15) is 0 Å². The summed E-state index contributed by atoms with van der Waals surface area (Å²) in [6.07, 6.45) is 5.63. The lowest BCUT2D eigenvalue weighted by molar-refractivity contribution is 0.188. The number of nitrogens with two attached hydrogens (primary N) is 1. The van der Waals surface area contributed by atoms with Crippen molar-refractivity contribution in [2.75, 3.05) is 20.3 Å². The zero-order valence-corrected chi connectivity index (χ0v) is 11.1. The molecule has 1 heterocycles. The van der Waals surface area contributed by atoms with E-state index in [1.165, 1.54) is 16.5 Å². The number of para-hydroxylation sites is 1. The van der Waals surface area contributed by atoms with E-state index in [0.29, 0.717) is 0 Å². The van der Waals surface area contributed by atoms with Crippen molar-refractivity contribution in [2.45, 2.75) is 25.8 Å². The molecule has 0 spiro atoms. The Kier molecular flexibility index (Phi) is 4.79. The van der Waals surface area contributed by atoms with Gasteiger partial charge in [-0.05, 0) is 37.4 Å². The van der Waals surface area contributed by atoms with E-state index < -0.39 is 0 Å². The molecule has 0 aliphatic heterocycles. The molecule has 1 aromatic heterocycles. The van der Waals surface area contributed by atoms with Crippen LogP contribution in [0.4, 0.5) is 0 Å². The molecule has 0 radical (unpaired) electrons. The maximum Gasteiger partial charge on any atom is 0.0641 e. The number of hydrogen-bond donors (Lipinski definition) is 1. The van der Waals surface area contributed by atoms with Gasteiger partial charge in [-0.3, -0.25) is 0 Å². The first-order valence-electron chi connectivity index (χ1n) is 6.62. The molecule has 2 rings (SSSR count). The van der Waals surface area contributed by atoms with E-state index in [-0.39, 0.29) is 0 Å². The number of aromatic nitrogens is 1. The van der Waals surface area contributed by atoms with Crippen LogP contribution in [0.2, 0.25) is 0 Å². The van der Waals surface area contributed by atoms with Gasteiger partial charge >= 0.3 is 0 Å². The lowest BCUT2D eigenvalue weighted by Crippen LogP contribution is -2.02. The number of nitrogens with zero attached hydrogens (tertiary/aromatic N) is 1. The predicted octanol–water partition coefficient (Wildman–Crippen LogP) is 2.57. The summed E-state index contributed by atoms with van der Waals surface area (Å²) < 4.78 is 7.45. The minimum Gasteiger partial charge on any atom is -0.383 e. The summed E-state index contributed by atoms with van der Waals surface area (Å²) in [4.78, 5) is 0. The number of methoxy groups -OCH3 is 1. The molecule has 0 fully saturated rings. The molecule has 98 valence electrons. The molecule has 0 saturated heterocycles. The minimum atomic E-state index is 0.751. The molecule has 0 saturated carbocycles. The monoisotopic (exact) mass is 246 g/mol. The van der Waals surface area contributed by atoms with Crippen molar-refractivity contribution in [2.24, 2.45) is 5.73 Å². The topological polar surface area (TPSA) is 40.2 Å². The molecule has 2 aromatic rings. The first-order valence-corrected chi connectivity index (χ1v) is 6.62. The minimum absolute atomic E-state index is 0.751. The zero-order valence-electron chi connectivity index (χ0n) is 11.1. The van der Waals surface area contributed by atoms with Crippen LogP contribution >= 0.6 is 0 Å². The van der Waals surface area contributed by atoms with Crippen molar-refractivity contribution in [3.05, 3.63) is 36.0 Å². The van der Waals surface area contributed by atoms with E-state index >= 15 is 0 Å². The fourth-order valence-electron chi connectivity index (χ4n) is 2.36. The molecule has 3 nitrogen and oxygen atoms in total. The van der Waals surface area contributed by atoms with Gasteiger partial charge in [-0.15, -0.1) is 0 Å². The third kappa shape index (κ3) is 2.92. The Balaban J connectivity index is 2.23. The van der Waals surface area contributed by atoms with E-state index in [1.54, 1.807) is 7.11 Å². The molecule has 0 aliphatic carbocycles. The van der Waals surface area contributed by atoms with E-state index in [4.69, 9.17) is 10.5 Å². The number of rotatable bonds is 7. The molecule has 1 aromatic carbocycles. The number of hydrogen-bond acceptors (Lipinski definition) is 2. The van der Waals surface area contributed by atoms with Gasteiger partial charge in [0, 0.05) is 30.8 Å². The molecular formula is C15H22N2O. The summed E-state index contributed by atoms with van der Waals surface area (Å²) >= 11 is 0. The van der Waals surface area contributed by atoms with E-state index in [2.05, 4.69) is 35.0 Å². The Bertz CT molecular complexity index is 490. The van der Waals surface area contributed by atoms with Crippen LogP contribution in [0.1, 0.15) is 18.4 Å². The first-order chi connectivity index (χ1) is 8.86. The summed E-state index contributed by atoms with van der Waals surface area (Å²) in [6, 6.07) is 8.58. The van der Waals surface area contributed by atoms with Crippen LogP contribution in [0.3, 0.4) is 0 Å². The molecular weight excluding hydrogens is 224 g/mol. The highest BCUT2D eigenvalue weighted by atomic mass is 16.5. The van der Waals surface area contributed by atoms with Crippen molar-refractivity contribution in [1.29, 1.82) is 0 Å². The zero-order chi connectivity index (χ0) is 12.8. The quantitative estimate of drug-likeness (QED) is 0.763. The number of ether oxygens (including phenoxy) is 1. The molecule has 0 amide bonds. The van der Waals surface area contributed by atoms with Crippen LogP contribution in [-0.2, 0) is 17.7 Å². The largest absolute Gasteiger partial charge is 0.383 e. The lowest BCUT2D eigenvalue weighted by atomic mass is 10.1. The highest BCUT2D eigenvalue weighted by Crippen LogP contribution is 2.22. The van der Waals surface area contributed by atoms with Crippen LogP contribution in [0.5, 0.6) is 0 Å². The van der Waals surface area contributed by atoms with Gasteiger partial charge in [0.2, 0.25) is 0 Å². The average molecular weight is 246 g/mol. The lowest BCUT2D eigenvalue weighted by Gasteiger charge is -2.03. The van der Waals surface area contributed by atoms with Gasteiger partial charge in [0.25, 0.3) is 0 Å². The van der Waals surface area contributed by atoms with Gasteiger partial charge in [-0.2, -0.15) is 0 Å². The van der Waals surface area contributed by atoms with Gasteiger partial charge < -0.3 is 15.0 Å². The van der Waals surface area contributed by atoms with Gasteiger partial charge in [-0.25, -0.2) is 0 Å². The smallest absolute Gasteiger partial charge is 0.0641 e. The summed E-state index contributed by atoms with van der Waals surface area (Å²) in [5.74, 6) is 0. The maximum absolute atomic E-state index is 5.55. The Morgan fingerprint density at radius 1 is 1.22 bits per heavy atom. The Hall–Kier alpha value is -1.32. The van der Waals surface area contributed by atoms with E-state index in [1.807, 2.05) is 0 Å². The fraction of sp³-hybridized carbons (Fsp3) is 0.467. The van der Waals surface area contributed by atoms with Gasteiger partial charge in [0.1, 0.15) is 0 Å². The molecule has 3 heteroatoms. The second-order valence-corrected chi connectivity index (χ2v) is 4.60.